The predicted molar refractivity (Wildman–Crippen MR) is 75.1 cm³/mol. The number of aromatic nitrogens is 4. The molecule has 0 fully saturated rings. The average molecular weight is 291 g/mol. The number of nitrogens with one attached hydrogen (secondary N) is 1. The van der Waals surface area contributed by atoms with Gasteiger partial charge in [0, 0.05) is 19.8 Å². The second-order valence-corrected chi connectivity index (χ2v) is 4.44. The maximum Gasteiger partial charge on any atom is 0.360 e. The van der Waals surface area contributed by atoms with Crippen LogP contribution in [0.5, 0.6) is 0 Å². The zero-order valence-corrected chi connectivity index (χ0v) is 12.4. The van der Waals surface area contributed by atoms with Gasteiger partial charge in [-0.25, -0.2) is 4.79 Å². The first kappa shape index (κ1) is 14.8. The van der Waals surface area contributed by atoms with E-state index in [1.54, 1.807) is 30.9 Å². The number of methoxy groups -OCH3 is 1. The number of amides is 1. The Kier molecular flexibility index (Phi) is 4.06. The molecule has 0 aliphatic carbocycles. The van der Waals surface area contributed by atoms with Crippen LogP contribution in [0.15, 0.2) is 12.3 Å². The Hall–Kier alpha value is -2.64. The third kappa shape index (κ3) is 2.78. The minimum atomic E-state index is -0.604. The highest BCUT2D eigenvalue weighted by atomic mass is 16.5. The van der Waals surface area contributed by atoms with Gasteiger partial charge in [0.1, 0.15) is 0 Å². The van der Waals surface area contributed by atoms with E-state index in [0.717, 1.165) is 0 Å². The molecule has 2 aromatic heterocycles. The van der Waals surface area contributed by atoms with Crippen molar-refractivity contribution in [1.82, 2.24) is 19.6 Å². The van der Waals surface area contributed by atoms with Crippen molar-refractivity contribution >= 4 is 17.6 Å². The predicted octanol–water partition coefficient (Wildman–Crippen LogP) is 0.984. The molecule has 0 spiro atoms. The quantitative estimate of drug-likeness (QED) is 0.848. The van der Waals surface area contributed by atoms with E-state index in [-0.39, 0.29) is 11.4 Å². The number of hydrogen-bond donors (Lipinski definition) is 1. The van der Waals surface area contributed by atoms with Crippen molar-refractivity contribution in [3.05, 3.63) is 29.3 Å². The Morgan fingerprint density at radius 3 is 2.67 bits per heavy atom. The number of carbonyl (C=O) groups is 2. The summed E-state index contributed by atoms with van der Waals surface area (Å²) in [6, 6.07) is 1.61. The summed E-state index contributed by atoms with van der Waals surface area (Å²) in [6.07, 6.45) is 1.71. The summed E-state index contributed by atoms with van der Waals surface area (Å²) >= 11 is 0. The molecule has 2 heterocycles. The van der Waals surface area contributed by atoms with Gasteiger partial charge < -0.3 is 10.1 Å². The van der Waals surface area contributed by atoms with Crippen LogP contribution in [-0.4, -0.2) is 38.5 Å². The molecule has 8 nitrogen and oxygen atoms in total. The fraction of sp³-hybridized carbons (Fsp3) is 0.385. The minimum absolute atomic E-state index is 0.0702. The van der Waals surface area contributed by atoms with Crippen LogP contribution in [0.2, 0.25) is 0 Å². The third-order valence-electron chi connectivity index (χ3n) is 3.15. The van der Waals surface area contributed by atoms with E-state index in [1.165, 1.54) is 11.8 Å². The van der Waals surface area contributed by atoms with E-state index in [1.807, 2.05) is 6.92 Å². The van der Waals surface area contributed by atoms with Crippen molar-refractivity contribution in [2.45, 2.75) is 20.4 Å². The number of carbonyl (C=O) groups excluding carboxylic acids is 2. The molecule has 1 amide bonds. The van der Waals surface area contributed by atoms with Crippen molar-refractivity contribution in [2.75, 3.05) is 12.4 Å². The van der Waals surface area contributed by atoms with Crippen molar-refractivity contribution in [2.24, 2.45) is 7.05 Å². The first-order valence-corrected chi connectivity index (χ1v) is 6.44. The molecule has 0 aliphatic rings. The second-order valence-electron chi connectivity index (χ2n) is 4.44. The molecule has 0 saturated carbocycles. The van der Waals surface area contributed by atoms with Crippen LogP contribution in [0.1, 0.15) is 33.6 Å². The molecule has 0 aliphatic heterocycles. The van der Waals surface area contributed by atoms with Gasteiger partial charge in [0.2, 0.25) is 0 Å². The fourth-order valence-corrected chi connectivity index (χ4v) is 1.83. The van der Waals surface area contributed by atoms with Gasteiger partial charge in [0.25, 0.3) is 5.91 Å². The maximum atomic E-state index is 12.2. The first-order valence-electron chi connectivity index (χ1n) is 6.44. The van der Waals surface area contributed by atoms with Gasteiger partial charge in [-0.15, -0.1) is 0 Å². The van der Waals surface area contributed by atoms with E-state index in [2.05, 4.69) is 20.3 Å². The van der Waals surface area contributed by atoms with Crippen LogP contribution in [0.25, 0.3) is 0 Å². The summed E-state index contributed by atoms with van der Waals surface area (Å²) in [6.45, 7) is 4.35. The molecule has 2 aromatic rings. The Bertz CT molecular complexity index is 686. The summed E-state index contributed by atoms with van der Waals surface area (Å²) in [5.74, 6) is -1.00. The Morgan fingerprint density at radius 2 is 2.10 bits per heavy atom. The topological polar surface area (TPSA) is 91.0 Å². The Balaban J connectivity index is 2.30. The lowest BCUT2D eigenvalue weighted by molar-refractivity contribution is 0.0594. The summed E-state index contributed by atoms with van der Waals surface area (Å²) in [4.78, 5) is 23.9. The SMILES string of the molecule is CCn1ccc(C(=O)Nc2c(C(=O)OC)nn(C)c2C)n1. The van der Waals surface area contributed by atoms with Crippen molar-refractivity contribution in [3.8, 4) is 0 Å². The molecule has 0 saturated heterocycles. The molecular weight excluding hydrogens is 274 g/mol. The van der Waals surface area contributed by atoms with Crippen molar-refractivity contribution < 1.29 is 14.3 Å². The summed E-state index contributed by atoms with van der Waals surface area (Å²) in [5, 5.41) is 10.8. The van der Waals surface area contributed by atoms with Gasteiger partial charge in [0.15, 0.2) is 11.4 Å². The molecule has 0 aromatic carbocycles. The number of anilines is 1. The zero-order valence-electron chi connectivity index (χ0n) is 12.4. The lowest BCUT2D eigenvalue weighted by Crippen LogP contribution is -2.16. The number of rotatable bonds is 4. The monoisotopic (exact) mass is 291 g/mol. The zero-order chi connectivity index (χ0) is 15.6. The Labute approximate surface area is 121 Å². The van der Waals surface area contributed by atoms with E-state index in [4.69, 9.17) is 0 Å². The summed E-state index contributed by atoms with van der Waals surface area (Å²) in [5.41, 5.74) is 1.33. The standard InChI is InChI=1S/C13H17N5O3/c1-5-18-7-6-9(15-18)12(19)14-10-8(2)17(3)16-11(10)13(20)21-4/h6-7H,5H2,1-4H3,(H,14,19). The van der Waals surface area contributed by atoms with Crippen LogP contribution >= 0.6 is 0 Å². The van der Waals surface area contributed by atoms with Crippen LogP contribution in [0, 0.1) is 6.92 Å². The van der Waals surface area contributed by atoms with Crippen LogP contribution in [0.3, 0.4) is 0 Å². The maximum absolute atomic E-state index is 12.2. The highest BCUT2D eigenvalue weighted by molar-refractivity contribution is 6.06. The molecule has 0 bridgehead atoms. The highest BCUT2D eigenvalue weighted by Gasteiger charge is 2.23. The van der Waals surface area contributed by atoms with Gasteiger partial charge in [-0.1, -0.05) is 0 Å². The lowest BCUT2D eigenvalue weighted by atomic mass is 10.2. The molecule has 112 valence electrons. The molecule has 0 radical (unpaired) electrons. The summed E-state index contributed by atoms with van der Waals surface area (Å²) < 4.78 is 7.82. The number of ether oxygens (including phenoxy) is 1. The lowest BCUT2D eigenvalue weighted by Gasteiger charge is -2.04. The molecule has 0 atom stereocenters. The summed E-state index contributed by atoms with van der Waals surface area (Å²) in [7, 11) is 2.95. The van der Waals surface area contributed by atoms with E-state index in [0.29, 0.717) is 17.9 Å². The van der Waals surface area contributed by atoms with Gasteiger partial charge in [-0.2, -0.15) is 10.2 Å². The van der Waals surface area contributed by atoms with Crippen molar-refractivity contribution in [1.29, 1.82) is 0 Å². The first-order chi connectivity index (χ1) is 9.97. The molecular formula is C13H17N5O3. The molecule has 8 heteroatoms. The fourth-order valence-electron chi connectivity index (χ4n) is 1.83. The van der Waals surface area contributed by atoms with E-state index < -0.39 is 11.9 Å². The number of nitrogens with zero attached hydrogens (tertiary/aromatic N) is 4. The molecule has 21 heavy (non-hydrogen) atoms. The van der Waals surface area contributed by atoms with Crippen molar-refractivity contribution in [3.63, 3.8) is 0 Å². The molecule has 0 unspecified atom stereocenters. The molecule has 1 N–H and O–H groups in total. The normalized spacial score (nSPS) is 10.5. The van der Waals surface area contributed by atoms with Crippen LogP contribution in [-0.2, 0) is 18.3 Å². The smallest absolute Gasteiger partial charge is 0.360 e. The van der Waals surface area contributed by atoms with Gasteiger partial charge in [0.05, 0.1) is 18.5 Å². The second kappa shape index (κ2) is 5.78. The average Bonchev–Trinajstić information content (AvgIpc) is 3.06. The number of aryl methyl sites for hydroxylation is 2. The van der Waals surface area contributed by atoms with E-state index in [9.17, 15) is 9.59 Å². The van der Waals surface area contributed by atoms with Gasteiger partial charge >= 0.3 is 5.97 Å². The highest BCUT2D eigenvalue weighted by Crippen LogP contribution is 2.21. The molecule has 2 rings (SSSR count). The van der Waals surface area contributed by atoms with Gasteiger partial charge in [-0.05, 0) is 19.9 Å². The minimum Gasteiger partial charge on any atom is -0.464 e. The number of esters is 1. The van der Waals surface area contributed by atoms with Crippen LogP contribution in [0.4, 0.5) is 5.69 Å². The van der Waals surface area contributed by atoms with Crippen LogP contribution < -0.4 is 5.32 Å². The number of hydrogen-bond acceptors (Lipinski definition) is 5. The third-order valence-corrected chi connectivity index (χ3v) is 3.15. The Morgan fingerprint density at radius 1 is 1.38 bits per heavy atom. The largest absolute Gasteiger partial charge is 0.464 e. The van der Waals surface area contributed by atoms with E-state index >= 15 is 0 Å². The van der Waals surface area contributed by atoms with Gasteiger partial charge in [-0.3, -0.25) is 14.2 Å².